The van der Waals surface area contributed by atoms with E-state index in [4.69, 9.17) is 0 Å². The summed E-state index contributed by atoms with van der Waals surface area (Å²) in [5.74, 6) is -1.18. The number of fused-ring (bicyclic) bond motifs is 1. The number of sulfonamides is 1. The molecule has 0 aliphatic heterocycles. The molecule has 3 rings (SSSR count). The van der Waals surface area contributed by atoms with Crippen molar-refractivity contribution in [2.75, 3.05) is 4.72 Å². The molecule has 26 heavy (non-hydrogen) atoms. The van der Waals surface area contributed by atoms with Gasteiger partial charge in [-0.05, 0) is 18.2 Å². The summed E-state index contributed by atoms with van der Waals surface area (Å²) in [6, 6.07) is 10.6. The van der Waals surface area contributed by atoms with E-state index in [1.807, 2.05) is 0 Å². The maximum atomic E-state index is 12.6. The smallest absolute Gasteiger partial charge is 0.336 e. The molecule has 0 aliphatic carbocycles. The molecule has 0 aliphatic rings. The highest BCUT2D eigenvalue weighted by atomic mass is 32.2. The molecule has 0 unspecified atom stereocenters. The van der Waals surface area contributed by atoms with Gasteiger partial charge in [-0.2, -0.15) is 0 Å². The number of pyridine rings is 1. The van der Waals surface area contributed by atoms with Crippen molar-refractivity contribution in [2.24, 2.45) is 0 Å². The van der Waals surface area contributed by atoms with Crippen molar-refractivity contribution >= 4 is 38.3 Å². The summed E-state index contributed by atoms with van der Waals surface area (Å²) in [6.45, 7) is 0. The fraction of sp³-hybridized carbons (Fsp3) is 0. The third-order valence-electron chi connectivity index (χ3n) is 3.60. The maximum absolute atomic E-state index is 12.6. The van der Waals surface area contributed by atoms with Gasteiger partial charge in [-0.3, -0.25) is 19.8 Å². The summed E-state index contributed by atoms with van der Waals surface area (Å²) < 4.78 is 27.5. The van der Waals surface area contributed by atoms with Gasteiger partial charge in [0.15, 0.2) is 4.90 Å². The quantitative estimate of drug-likeness (QED) is 0.517. The Hall–Kier alpha value is -3.53. The zero-order valence-electron chi connectivity index (χ0n) is 13.0. The summed E-state index contributed by atoms with van der Waals surface area (Å²) in [5, 5.41) is 20.6. The third-order valence-corrected chi connectivity index (χ3v) is 5.01. The van der Waals surface area contributed by atoms with Gasteiger partial charge in [0.1, 0.15) is 0 Å². The number of carbonyl (C=O) groups is 1. The number of nitro groups is 1. The van der Waals surface area contributed by atoms with Gasteiger partial charge in [0.25, 0.3) is 15.7 Å². The molecule has 9 nitrogen and oxygen atoms in total. The van der Waals surface area contributed by atoms with Crippen LogP contribution in [0, 0.1) is 10.1 Å². The van der Waals surface area contributed by atoms with Crippen molar-refractivity contribution in [2.45, 2.75) is 4.90 Å². The molecule has 132 valence electrons. The lowest BCUT2D eigenvalue weighted by Gasteiger charge is -2.11. The van der Waals surface area contributed by atoms with Crippen LogP contribution in [0.2, 0.25) is 0 Å². The van der Waals surface area contributed by atoms with Crippen molar-refractivity contribution in [1.82, 2.24) is 4.98 Å². The highest BCUT2D eigenvalue weighted by Crippen LogP contribution is 2.29. The molecule has 2 N–H and O–H groups in total. The van der Waals surface area contributed by atoms with Crippen LogP contribution in [0.15, 0.2) is 59.6 Å². The molecule has 0 amide bonds. The van der Waals surface area contributed by atoms with Crippen LogP contribution in [-0.4, -0.2) is 29.4 Å². The van der Waals surface area contributed by atoms with Crippen LogP contribution in [0.3, 0.4) is 0 Å². The van der Waals surface area contributed by atoms with E-state index < -0.39 is 31.5 Å². The second kappa shape index (κ2) is 6.41. The first-order valence-corrected chi connectivity index (χ1v) is 8.67. The van der Waals surface area contributed by atoms with Crippen molar-refractivity contribution < 1.29 is 23.2 Å². The van der Waals surface area contributed by atoms with Crippen LogP contribution < -0.4 is 4.72 Å². The molecule has 0 bridgehead atoms. The topological polar surface area (TPSA) is 140 Å². The number of para-hydroxylation sites is 2. The molecule has 0 radical (unpaired) electrons. The largest absolute Gasteiger partial charge is 0.478 e. The third kappa shape index (κ3) is 3.05. The number of nitro benzene ring substituents is 1. The lowest BCUT2D eigenvalue weighted by atomic mass is 10.1. The van der Waals surface area contributed by atoms with E-state index in [1.165, 1.54) is 42.6 Å². The van der Waals surface area contributed by atoms with Crippen LogP contribution in [-0.2, 0) is 10.0 Å². The molecule has 2 aromatic carbocycles. The lowest BCUT2D eigenvalue weighted by molar-refractivity contribution is -0.387. The number of aromatic carboxylic acids is 1. The van der Waals surface area contributed by atoms with E-state index in [0.717, 1.165) is 12.1 Å². The van der Waals surface area contributed by atoms with E-state index in [2.05, 4.69) is 9.71 Å². The number of nitrogens with one attached hydrogen (secondary N) is 1. The fourth-order valence-corrected chi connectivity index (χ4v) is 3.72. The molecule has 0 atom stereocenters. The Morgan fingerprint density at radius 2 is 1.85 bits per heavy atom. The number of rotatable bonds is 5. The number of nitrogens with zero attached hydrogens (tertiary/aromatic N) is 2. The van der Waals surface area contributed by atoms with Crippen molar-refractivity contribution in [3.63, 3.8) is 0 Å². The zero-order valence-corrected chi connectivity index (χ0v) is 13.8. The maximum Gasteiger partial charge on any atom is 0.336 e. The van der Waals surface area contributed by atoms with E-state index in [-0.39, 0.29) is 22.2 Å². The van der Waals surface area contributed by atoms with Crippen LogP contribution in [0.4, 0.5) is 11.4 Å². The highest BCUT2D eigenvalue weighted by Gasteiger charge is 2.26. The number of carboxylic acids is 1. The number of hydrogen-bond acceptors (Lipinski definition) is 6. The Kier molecular flexibility index (Phi) is 4.26. The molecule has 10 heteroatoms. The van der Waals surface area contributed by atoms with Gasteiger partial charge >= 0.3 is 5.97 Å². The highest BCUT2D eigenvalue weighted by molar-refractivity contribution is 7.92. The first-order chi connectivity index (χ1) is 12.3. The summed E-state index contributed by atoms with van der Waals surface area (Å²) in [4.78, 5) is 25.1. The predicted molar refractivity (Wildman–Crippen MR) is 92.6 cm³/mol. The monoisotopic (exact) mass is 373 g/mol. The van der Waals surface area contributed by atoms with Crippen molar-refractivity contribution in [3.05, 3.63) is 70.4 Å². The summed E-state index contributed by atoms with van der Waals surface area (Å²) in [5.41, 5.74) is -0.473. The standard InChI is InChI=1S/C16H11N3O6S/c20-16(21)11-8-9-17-15-10(11)4-3-5-12(15)18-26(24,25)14-7-2-1-6-13(14)19(22)23/h1-9,18H,(H,20,21). The molecular weight excluding hydrogens is 362 g/mol. The zero-order chi connectivity index (χ0) is 18.9. The van der Waals surface area contributed by atoms with Gasteiger partial charge in [0.05, 0.1) is 21.7 Å². The number of carboxylic acid groups (broad SMARTS) is 1. The number of anilines is 1. The first kappa shape index (κ1) is 17.3. The first-order valence-electron chi connectivity index (χ1n) is 7.18. The van der Waals surface area contributed by atoms with Crippen LogP contribution in [0.5, 0.6) is 0 Å². The normalized spacial score (nSPS) is 11.2. The van der Waals surface area contributed by atoms with Gasteiger partial charge in [-0.25, -0.2) is 13.2 Å². The Morgan fingerprint density at radius 1 is 1.12 bits per heavy atom. The van der Waals surface area contributed by atoms with Crippen molar-refractivity contribution in [1.29, 1.82) is 0 Å². The molecular formula is C16H11N3O6S. The van der Waals surface area contributed by atoms with Gasteiger partial charge in [-0.1, -0.05) is 24.3 Å². The van der Waals surface area contributed by atoms with E-state index >= 15 is 0 Å². The summed E-state index contributed by atoms with van der Waals surface area (Å²) >= 11 is 0. The Balaban J connectivity index is 2.14. The summed E-state index contributed by atoms with van der Waals surface area (Å²) in [7, 11) is -4.29. The summed E-state index contributed by atoms with van der Waals surface area (Å²) in [6.07, 6.45) is 1.24. The van der Waals surface area contributed by atoms with Gasteiger partial charge in [0, 0.05) is 17.6 Å². The number of aromatic nitrogens is 1. The minimum absolute atomic E-state index is 0.0174. The Labute approximate surface area is 147 Å². The average molecular weight is 373 g/mol. The second-order valence-electron chi connectivity index (χ2n) is 5.20. The van der Waals surface area contributed by atoms with E-state index in [0.29, 0.717) is 0 Å². The molecule has 1 aromatic heterocycles. The van der Waals surface area contributed by atoms with E-state index in [1.54, 1.807) is 0 Å². The fourth-order valence-electron chi connectivity index (χ4n) is 2.48. The van der Waals surface area contributed by atoms with Gasteiger partial charge < -0.3 is 5.11 Å². The van der Waals surface area contributed by atoms with Crippen molar-refractivity contribution in [3.8, 4) is 0 Å². The minimum Gasteiger partial charge on any atom is -0.478 e. The average Bonchev–Trinajstić information content (AvgIpc) is 2.61. The lowest BCUT2D eigenvalue weighted by Crippen LogP contribution is -2.15. The number of hydrogen-bond donors (Lipinski definition) is 2. The van der Waals surface area contributed by atoms with Crippen LogP contribution in [0.1, 0.15) is 10.4 Å². The SMILES string of the molecule is O=C(O)c1ccnc2c(NS(=O)(=O)c3ccccc3[N+](=O)[O-])cccc12. The molecule has 0 spiro atoms. The molecule has 3 aromatic rings. The second-order valence-corrected chi connectivity index (χ2v) is 6.85. The minimum atomic E-state index is -4.29. The van der Waals surface area contributed by atoms with Gasteiger partial charge in [-0.15, -0.1) is 0 Å². The Morgan fingerprint density at radius 3 is 2.54 bits per heavy atom. The Bertz CT molecular complexity index is 1140. The van der Waals surface area contributed by atoms with Gasteiger partial charge in [0.2, 0.25) is 0 Å². The number of benzene rings is 2. The molecule has 1 heterocycles. The van der Waals surface area contributed by atoms with Crippen LogP contribution >= 0.6 is 0 Å². The van der Waals surface area contributed by atoms with Crippen LogP contribution in [0.25, 0.3) is 10.9 Å². The molecule has 0 saturated heterocycles. The molecule has 0 fully saturated rings. The predicted octanol–water partition coefficient (Wildman–Crippen LogP) is 2.64. The van der Waals surface area contributed by atoms with E-state index in [9.17, 15) is 28.4 Å². The molecule has 0 saturated carbocycles.